The zero-order valence-corrected chi connectivity index (χ0v) is 12.8. The summed E-state index contributed by atoms with van der Waals surface area (Å²) in [6.45, 7) is 6.24. The molecular weight excluding hydrogens is 270 g/mol. The summed E-state index contributed by atoms with van der Waals surface area (Å²) in [5.41, 5.74) is -0.0672. The highest BCUT2D eigenvalue weighted by molar-refractivity contribution is 5.95. The first-order valence-electron chi connectivity index (χ1n) is 7.11. The van der Waals surface area contributed by atoms with E-state index in [1.165, 1.54) is 0 Å². The van der Waals surface area contributed by atoms with Gasteiger partial charge in [0.1, 0.15) is 5.75 Å². The second kappa shape index (κ2) is 7.67. The van der Waals surface area contributed by atoms with E-state index < -0.39 is 11.5 Å². The van der Waals surface area contributed by atoms with Gasteiger partial charge < -0.3 is 15.2 Å². The molecule has 5 nitrogen and oxygen atoms in total. The van der Waals surface area contributed by atoms with Gasteiger partial charge in [0, 0.05) is 17.5 Å². The van der Waals surface area contributed by atoms with Crippen molar-refractivity contribution in [1.29, 1.82) is 0 Å². The smallest absolute Gasteiger partial charge is 0.303 e. The summed E-state index contributed by atoms with van der Waals surface area (Å²) < 4.78 is 5.50. The topological polar surface area (TPSA) is 75.6 Å². The number of benzene rings is 1. The molecule has 1 aromatic rings. The number of amides is 1. The molecule has 1 aromatic carbocycles. The van der Waals surface area contributed by atoms with Gasteiger partial charge >= 0.3 is 5.97 Å². The van der Waals surface area contributed by atoms with E-state index in [2.05, 4.69) is 5.32 Å². The van der Waals surface area contributed by atoms with Crippen LogP contribution >= 0.6 is 0 Å². The molecule has 0 heterocycles. The van der Waals surface area contributed by atoms with E-state index in [-0.39, 0.29) is 12.3 Å². The Labute approximate surface area is 125 Å². The largest absolute Gasteiger partial charge is 0.494 e. The minimum Gasteiger partial charge on any atom is -0.494 e. The maximum atomic E-state index is 12.2. The summed E-state index contributed by atoms with van der Waals surface area (Å²) in [7, 11) is 0. The monoisotopic (exact) mass is 293 g/mol. The maximum absolute atomic E-state index is 12.2. The number of carbonyl (C=O) groups is 2. The minimum absolute atomic E-state index is 0.0208. The van der Waals surface area contributed by atoms with Crippen molar-refractivity contribution >= 4 is 11.9 Å². The van der Waals surface area contributed by atoms with Crippen molar-refractivity contribution in [2.75, 3.05) is 6.61 Å². The van der Waals surface area contributed by atoms with Crippen LogP contribution < -0.4 is 10.1 Å². The van der Waals surface area contributed by atoms with Gasteiger partial charge in [-0.05, 0) is 44.9 Å². The molecular formula is C16H23NO4. The average Bonchev–Trinajstić information content (AvgIpc) is 2.43. The van der Waals surface area contributed by atoms with Gasteiger partial charge in [-0.25, -0.2) is 0 Å². The Balaban J connectivity index is 2.68. The summed E-state index contributed by atoms with van der Waals surface area (Å²) in [5, 5.41) is 11.6. The fourth-order valence-electron chi connectivity index (χ4n) is 1.81. The zero-order chi connectivity index (χ0) is 15.9. The fraction of sp³-hybridized carbons (Fsp3) is 0.500. The number of carboxylic acid groups (broad SMARTS) is 1. The number of ether oxygens (including phenoxy) is 1. The first-order chi connectivity index (χ1) is 9.84. The number of hydrogen-bond donors (Lipinski definition) is 2. The van der Waals surface area contributed by atoms with Crippen LogP contribution in [0.4, 0.5) is 0 Å². The lowest BCUT2D eigenvalue weighted by molar-refractivity contribution is -0.137. The van der Waals surface area contributed by atoms with Gasteiger partial charge in [0.25, 0.3) is 5.91 Å². The van der Waals surface area contributed by atoms with Crippen LogP contribution in [0.5, 0.6) is 5.75 Å². The molecule has 0 aromatic heterocycles. The highest BCUT2D eigenvalue weighted by Crippen LogP contribution is 2.16. The van der Waals surface area contributed by atoms with E-state index in [0.29, 0.717) is 24.3 Å². The predicted octanol–water partition coefficient (Wildman–Crippen LogP) is 2.85. The van der Waals surface area contributed by atoms with Crippen LogP contribution in [-0.4, -0.2) is 29.1 Å². The molecule has 0 radical (unpaired) electrons. The lowest BCUT2D eigenvalue weighted by atomic mass is 9.97. The van der Waals surface area contributed by atoms with Crippen LogP contribution in [-0.2, 0) is 4.79 Å². The van der Waals surface area contributed by atoms with E-state index in [4.69, 9.17) is 9.84 Å². The van der Waals surface area contributed by atoms with Crippen molar-refractivity contribution in [1.82, 2.24) is 5.32 Å². The second-order valence-corrected chi connectivity index (χ2v) is 5.61. The summed E-state index contributed by atoms with van der Waals surface area (Å²) in [4.78, 5) is 22.8. The van der Waals surface area contributed by atoms with Crippen LogP contribution in [0.1, 0.15) is 50.4 Å². The highest BCUT2D eigenvalue weighted by atomic mass is 16.5. The highest BCUT2D eigenvalue weighted by Gasteiger charge is 2.22. The van der Waals surface area contributed by atoms with Crippen LogP contribution in [0.3, 0.4) is 0 Å². The average molecular weight is 293 g/mol. The predicted molar refractivity (Wildman–Crippen MR) is 80.6 cm³/mol. The van der Waals surface area contributed by atoms with Crippen molar-refractivity contribution in [3.63, 3.8) is 0 Å². The first kappa shape index (κ1) is 17.0. The fourth-order valence-corrected chi connectivity index (χ4v) is 1.81. The Morgan fingerprint density at radius 3 is 2.67 bits per heavy atom. The lowest BCUT2D eigenvalue weighted by Crippen LogP contribution is -2.43. The van der Waals surface area contributed by atoms with E-state index in [1.54, 1.807) is 18.2 Å². The van der Waals surface area contributed by atoms with Gasteiger partial charge in [-0.2, -0.15) is 0 Å². The third-order valence-electron chi connectivity index (χ3n) is 2.98. The molecule has 0 unspecified atom stereocenters. The Morgan fingerprint density at radius 1 is 1.33 bits per heavy atom. The van der Waals surface area contributed by atoms with Gasteiger partial charge in [-0.3, -0.25) is 9.59 Å². The normalized spacial score (nSPS) is 11.0. The molecule has 0 saturated heterocycles. The first-order valence-corrected chi connectivity index (χ1v) is 7.11. The van der Waals surface area contributed by atoms with Crippen molar-refractivity contribution in [3.8, 4) is 5.75 Å². The van der Waals surface area contributed by atoms with E-state index in [9.17, 15) is 9.59 Å². The maximum Gasteiger partial charge on any atom is 0.303 e. The number of hydrogen-bond acceptors (Lipinski definition) is 3. The number of nitrogens with one attached hydrogen (secondary N) is 1. The van der Waals surface area contributed by atoms with Crippen molar-refractivity contribution in [3.05, 3.63) is 29.8 Å². The molecule has 0 spiro atoms. The molecule has 0 bridgehead atoms. The minimum atomic E-state index is -0.868. The van der Waals surface area contributed by atoms with E-state index >= 15 is 0 Å². The zero-order valence-electron chi connectivity index (χ0n) is 12.8. The van der Waals surface area contributed by atoms with Crippen LogP contribution in [0.15, 0.2) is 24.3 Å². The molecule has 1 rings (SSSR count). The molecule has 5 heteroatoms. The standard InChI is InChI=1S/C16H23NO4/c1-4-10-21-13-7-5-6-12(11-13)15(20)17-16(2,3)9-8-14(18)19/h5-7,11H,4,8-10H2,1-3H3,(H,17,20)(H,18,19). The molecule has 21 heavy (non-hydrogen) atoms. The Kier molecular flexibility index (Phi) is 6.21. The summed E-state index contributed by atoms with van der Waals surface area (Å²) in [5.74, 6) is -0.438. The molecule has 0 atom stereocenters. The molecule has 116 valence electrons. The third kappa shape index (κ3) is 6.29. The van der Waals surface area contributed by atoms with Gasteiger partial charge in [0.15, 0.2) is 0 Å². The Hall–Kier alpha value is -2.04. The van der Waals surface area contributed by atoms with E-state index in [1.807, 2.05) is 26.8 Å². The molecule has 0 fully saturated rings. The van der Waals surface area contributed by atoms with Gasteiger partial charge in [0.05, 0.1) is 6.61 Å². The molecule has 2 N–H and O–H groups in total. The molecule has 0 aliphatic carbocycles. The quantitative estimate of drug-likeness (QED) is 0.772. The summed E-state index contributed by atoms with van der Waals surface area (Å²) in [6, 6.07) is 6.98. The Morgan fingerprint density at radius 2 is 2.05 bits per heavy atom. The van der Waals surface area contributed by atoms with Crippen LogP contribution in [0, 0.1) is 0 Å². The molecule has 0 aliphatic rings. The van der Waals surface area contributed by atoms with Crippen molar-refractivity contribution < 1.29 is 19.4 Å². The second-order valence-electron chi connectivity index (χ2n) is 5.61. The lowest BCUT2D eigenvalue weighted by Gasteiger charge is -2.25. The van der Waals surface area contributed by atoms with Crippen molar-refractivity contribution in [2.24, 2.45) is 0 Å². The van der Waals surface area contributed by atoms with Crippen LogP contribution in [0.2, 0.25) is 0 Å². The van der Waals surface area contributed by atoms with Gasteiger partial charge in [0.2, 0.25) is 0 Å². The number of rotatable bonds is 8. The van der Waals surface area contributed by atoms with E-state index in [0.717, 1.165) is 6.42 Å². The number of aliphatic carboxylic acids is 1. The molecule has 0 aliphatic heterocycles. The van der Waals surface area contributed by atoms with Gasteiger partial charge in [-0.1, -0.05) is 13.0 Å². The third-order valence-corrected chi connectivity index (χ3v) is 2.98. The summed E-state index contributed by atoms with van der Waals surface area (Å²) in [6.07, 6.45) is 1.30. The van der Waals surface area contributed by atoms with Gasteiger partial charge in [-0.15, -0.1) is 0 Å². The molecule has 1 amide bonds. The SMILES string of the molecule is CCCOc1cccc(C(=O)NC(C)(C)CCC(=O)O)c1. The number of carbonyl (C=O) groups excluding carboxylic acids is 1. The summed E-state index contributed by atoms with van der Waals surface area (Å²) >= 11 is 0. The van der Waals surface area contributed by atoms with Crippen molar-refractivity contribution in [2.45, 2.75) is 45.6 Å². The van der Waals surface area contributed by atoms with Crippen LogP contribution in [0.25, 0.3) is 0 Å². The Bertz CT molecular complexity index is 497. The number of carboxylic acids is 1. The molecule has 0 saturated carbocycles.